The third kappa shape index (κ3) is 3.68. The molecule has 0 unspecified atom stereocenters. The van der Waals surface area contributed by atoms with E-state index >= 15 is 0 Å². The molecule has 1 aliphatic heterocycles. The largest absolute Gasteiger partial charge is 0.340 e. The van der Waals surface area contributed by atoms with E-state index in [4.69, 9.17) is 0 Å². The summed E-state index contributed by atoms with van der Waals surface area (Å²) >= 11 is 1.73. The van der Waals surface area contributed by atoms with E-state index < -0.39 is 0 Å². The zero-order valence-electron chi connectivity index (χ0n) is 11.2. The molecule has 6 heteroatoms. The molecule has 1 aliphatic carbocycles. The van der Waals surface area contributed by atoms with Crippen LogP contribution in [0.15, 0.2) is 5.38 Å². The number of nitrogens with zero attached hydrogens (tertiary/aromatic N) is 3. The highest BCUT2D eigenvalue weighted by atomic mass is 35.5. The molecule has 1 amide bonds. The van der Waals surface area contributed by atoms with Crippen LogP contribution in [0.3, 0.4) is 0 Å². The minimum Gasteiger partial charge on any atom is -0.340 e. The summed E-state index contributed by atoms with van der Waals surface area (Å²) in [6, 6.07) is 0. The Hall–Kier alpha value is -0.650. The predicted molar refractivity (Wildman–Crippen MR) is 78.7 cm³/mol. The summed E-state index contributed by atoms with van der Waals surface area (Å²) in [7, 11) is 0. The number of aromatic nitrogens is 1. The van der Waals surface area contributed by atoms with Gasteiger partial charge in [-0.25, -0.2) is 4.98 Å². The number of rotatable bonds is 3. The van der Waals surface area contributed by atoms with E-state index in [1.807, 2.05) is 11.8 Å². The van der Waals surface area contributed by atoms with Gasteiger partial charge in [0.15, 0.2) is 0 Å². The van der Waals surface area contributed by atoms with Crippen molar-refractivity contribution in [3.05, 3.63) is 16.1 Å². The molecule has 0 radical (unpaired) electrons. The maximum Gasteiger partial charge on any atom is 0.225 e. The van der Waals surface area contributed by atoms with Crippen molar-refractivity contribution in [3.63, 3.8) is 0 Å². The van der Waals surface area contributed by atoms with Gasteiger partial charge >= 0.3 is 0 Å². The molecule has 2 heterocycles. The van der Waals surface area contributed by atoms with Gasteiger partial charge in [-0.1, -0.05) is 0 Å². The lowest BCUT2D eigenvalue weighted by atomic mass is 10.2. The maximum atomic E-state index is 11.9. The Morgan fingerprint density at radius 2 is 2.05 bits per heavy atom. The van der Waals surface area contributed by atoms with Crippen LogP contribution >= 0.6 is 23.7 Å². The topological polar surface area (TPSA) is 36.4 Å². The monoisotopic (exact) mass is 301 g/mol. The van der Waals surface area contributed by atoms with Crippen LogP contribution < -0.4 is 0 Å². The molecule has 4 nitrogen and oxygen atoms in total. The zero-order chi connectivity index (χ0) is 12.5. The summed E-state index contributed by atoms with van der Waals surface area (Å²) in [6.07, 6.45) is 2.22. The Morgan fingerprint density at radius 3 is 2.58 bits per heavy atom. The molecule has 2 fully saturated rings. The predicted octanol–water partition coefficient (Wildman–Crippen LogP) is 1.93. The van der Waals surface area contributed by atoms with Crippen molar-refractivity contribution >= 4 is 29.7 Å². The molecule has 3 rings (SSSR count). The minimum atomic E-state index is 0. The first kappa shape index (κ1) is 14.8. The second-order valence-corrected chi connectivity index (χ2v) is 6.20. The molecule has 2 aliphatic rings. The van der Waals surface area contributed by atoms with Gasteiger partial charge in [0, 0.05) is 43.2 Å². The Morgan fingerprint density at radius 1 is 1.37 bits per heavy atom. The smallest absolute Gasteiger partial charge is 0.225 e. The fourth-order valence-electron chi connectivity index (χ4n) is 2.38. The molecule has 1 saturated carbocycles. The molecule has 0 aromatic carbocycles. The summed E-state index contributed by atoms with van der Waals surface area (Å²) in [4.78, 5) is 20.9. The van der Waals surface area contributed by atoms with Crippen molar-refractivity contribution in [3.8, 4) is 0 Å². The van der Waals surface area contributed by atoms with Crippen molar-refractivity contribution < 1.29 is 4.79 Å². The van der Waals surface area contributed by atoms with Crippen molar-refractivity contribution in [2.75, 3.05) is 26.2 Å². The van der Waals surface area contributed by atoms with E-state index in [2.05, 4.69) is 15.3 Å². The lowest BCUT2D eigenvalue weighted by Crippen LogP contribution is -2.48. The van der Waals surface area contributed by atoms with Gasteiger partial charge in [0.1, 0.15) is 5.01 Å². The van der Waals surface area contributed by atoms with Crippen LogP contribution in [0, 0.1) is 12.8 Å². The van der Waals surface area contributed by atoms with Crippen LogP contribution in [0.1, 0.15) is 23.5 Å². The standard InChI is InChI=1S/C13H19N3OS.ClH/c1-10-9-18-12(14-10)8-15-4-6-16(7-5-15)13(17)11-2-3-11;/h9,11H,2-8H2,1H3;1H. The summed E-state index contributed by atoms with van der Waals surface area (Å²) in [5.41, 5.74) is 1.11. The van der Waals surface area contributed by atoms with E-state index in [-0.39, 0.29) is 12.4 Å². The average Bonchev–Trinajstić information content (AvgIpc) is 3.14. The molecule has 1 saturated heterocycles. The number of carbonyl (C=O) groups is 1. The Labute approximate surface area is 124 Å². The first-order valence-electron chi connectivity index (χ1n) is 6.64. The van der Waals surface area contributed by atoms with E-state index in [9.17, 15) is 4.79 Å². The molecule has 0 atom stereocenters. The quantitative estimate of drug-likeness (QED) is 0.856. The highest BCUT2D eigenvalue weighted by Gasteiger charge is 2.34. The highest BCUT2D eigenvalue weighted by molar-refractivity contribution is 7.09. The fourth-order valence-corrected chi connectivity index (χ4v) is 3.19. The molecule has 0 bridgehead atoms. The molecule has 0 N–H and O–H groups in total. The number of halogens is 1. The first-order valence-corrected chi connectivity index (χ1v) is 7.52. The summed E-state index contributed by atoms with van der Waals surface area (Å²) < 4.78 is 0. The lowest BCUT2D eigenvalue weighted by Gasteiger charge is -2.34. The minimum absolute atomic E-state index is 0. The molecular formula is C13H20ClN3OS. The number of thiazole rings is 1. The Balaban J connectivity index is 0.00000133. The van der Waals surface area contributed by atoms with Gasteiger partial charge in [-0.05, 0) is 19.8 Å². The van der Waals surface area contributed by atoms with Crippen LogP contribution in [0.25, 0.3) is 0 Å². The first-order chi connectivity index (χ1) is 8.72. The van der Waals surface area contributed by atoms with Gasteiger partial charge in [0.2, 0.25) is 5.91 Å². The molecule has 106 valence electrons. The third-order valence-corrected chi connectivity index (χ3v) is 4.59. The second-order valence-electron chi connectivity index (χ2n) is 5.26. The van der Waals surface area contributed by atoms with Crippen LogP contribution in [0.2, 0.25) is 0 Å². The number of amides is 1. The third-order valence-electron chi connectivity index (χ3n) is 3.64. The van der Waals surface area contributed by atoms with E-state index in [1.54, 1.807) is 11.3 Å². The average molecular weight is 302 g/mol. The highest BCUT2D eigenvalue weighted by Crippen LogP contribution is 2.31. The van der Waals surface area contributed by atoms with Gasteiger partial charge < -0.3 is 4.90 Å². The van der Waals surface area contributed by atoms with Crippen LogP contribution in [-0.4, -0.2) is 46.9 Å². The van der Waals surface area contributed by atoms with Gasteiger partial charge in [0.05, 0.1) is 6.54 Å². The number of carbonyl (C=O) groups excluding carboxylic acids is 1. The molecule has 0 spiro atoms. The second kappa shape index (κ2) is 6.20. The van der Waals surface area contributed by atoms with Crippen molar-refractivity contribution in [1.29, 1.82) is 0 Å². The molecule has 19 heavy (non-hydrogen) atoms. The molecule has 1 aromatic heterocycles. The van der Waals surface area contributed by atoms with Crippen molar-refractivity contribution in [1.82, 2.24) is 14.8 Å². The number of hydrogen-bond donors (Lipinski definition) is 0. The lowest BCUT2D eigenvalue weighted by molar-refractivity contribution is -0.134. The maximum absolute atomic E-state index is 11.9. The molecular weight excluding hydrogens is 282 g/mol. The normalized spacial score (nSPS) is 20.2. The molecule has 1 aromatic rings. The number of aryl methyl sites for hydroxylation is 1. The number of hydrogen-bond acceptors (Lipinski definition) is 4. The van der Waals surface area contributed by atoms with Crippen LogP contribution in [-0.2, 0) is 11.3 Å². The zero-order valence-corrected chi connectivity index (χ0v) is 12.8. The summed E-state index contributed by atoms with van der Waals surface area (Å²) in [5.74, 6) is 0.748. The van der Waals surface area contributed by atoms with Crippen LogP contribution in [0.5, 0.6) is 0 Å². The van der Waals surface area contributed by atoms with Crippen molar-refractivity contribution in [2.45, 2.75) is 26.3 Å². The van der Waals surface area contributed by atoms with E-state index in [0.717, 1.165) is 51.3 Å². The van der Waals surface area contributed by atoms with Gasteiger partial charge in [-0.3, -0.25) is 9.69 Å². The van der Waals surface area contributed by atoms with Crippen LogP contribution in [0.4, 0.5) is 0 Å². The summed E-state index contributed by atoms with van der Waals surface area (Å²) in [6.45, 7) is 6.71. The Kier molecular flexibility index (Phi) is 4.81. The van der Waals surface area contributed by atoms with Gasteiger partial charge in [-0.2, -0.15) is 0 Å². The SMILES string of the molecule is Cc1csc(CN2CCN(C(=O)C3CC3)CC2)n1.Cl. The fraction of sp³-hybridized carbons (Fsp3) is 0.692. The van der Waals surface area contributed by atoms with Gasteiger partial charge in [-0.15, -0.1) is 23.7 Å². The van der Waals surface area contributed by atoms with E-state index in [1.165, 1.54) is 5.01 Å². The summed E-state index contributed by atoms with van der Waals surface area (Å²) in [5, 5.41) is 3.29. The Bertz CT molecular complexity index is 439. The number of piperazine rings is 1. The van der Waals surface area contributed by atoms with Crippen molar-refractivity contribution in [2.24, 2.45) is 5.92 Å². The van der Waals surface area contributed by atoms with E-state index in [0.29, 0.717) is 11.8 Å². The van der Waals surface area contributed by atoms with Gasteiger partial charge in [0.25, 0.3) is 0 Å².